The Hall–Kier alpha value is -4.43. The predicted octanol–water partition coefficient (Wildman–Crippen LogP) is 6.36. The smallest absolute Gasteiger partial charge is 0.264 e. The fourth-order valence-corrected chi connectivity index (χ4v) is 6.52. The van der Waals surface area contributed by atoms with E-state index >= 15 is 0 Å². The monoisotopic (exact) mass is 625 g/mol. The molecule has 0 bridgehead atoms. The van der Waals surface area contributed by atoms with Gasteiger partial charge in [0.1, 0.15) is 12.6 Å². The zero-order valence-corrected chi connectivity index (χ0v) is 27.4. The number of aryl methyl sites for hydroxylation is 3. The molecule has 2 amide bonds. The Labute approximate surface area is 268 Å². The number of nitrogens with one attached hydrogen (secondary N) is 1. The number of rotatable bonds is 14. The number of anilines is 1. The molecular formula is C37H43N3O4S. The molecule has 0 saturated carbocycles. The van der Waals surface area contributed by atoms with Crippen LogP contribution in [0.1, 0.15) is 47.6 Å². The number of amides is 2. The van der Waals surface area contributed by atoms with Crippen LogP contribution in [0.5, 0.6) is 0 Å². The van der Waals surface area contributed by atoms with Crippen molar-refractivity contribution >= 4 is 27.5 Å². The van der Waals surface area contributed by atoms with Crippen molar-refractivity contribution in [3.63, 3.8) is 0 Å². The molecule has 0 aliphatic rings. The minimum absolute atomic E-state index is 0.0880. The van der Waals surface area contributed by atoms with E-state index in [-0.39, 0.29) is 23.8 Å². The zero-order valence-electron chi connectivity index (χ0n) is 26.6. The van der Waals surface area contributed by atoms with Crippen molar-refractivity contribution in [2.75, 3.05) is 17.4 Å². The molecule has 7 nitrogen and oxygen atoms in total. The van der Waals surface area contributed by atoms with Gasteiger partial charge in [0, 0.05) is 19.5 Å². The van der Waals surface area contributed by atoms with Crippen LogP contribution >= 0.6 is 0 Å². The maximum Gasteiger partial charge on any atom is 0.264 e. The van der Waals surface area contributed by atoms with Gasteiger partial charge >= 0.3 is 0 Å². The fraction of sp³-hybridized carbons (Fsp3) is 0.297. The Morgan fingerprint density at radius 1 is 0.778 bits per heavy atom. The second kappa shape index (κ2) is 15.5. The molecule has 45 heavy (non-hydrogen) atoms. The molecule has 236 valence electrons. The third-order valence-corrected chi connectivity index (χ3v) is 9.70. The van der Waals surface area contributed by atoms with E-state index in [1.54, 1.807) is 41.3 Å². The van der Waals surface area contributed by atoms with Gasteiger partial charge in [-0.15, -0.1) is 0 Å². The molecule has 0 radical (unpaired) electrons. The van der Waals surface area contributed by atoms with E-state index in [9.17, 15) is 18.0 Å². The molecule has 0 aromatic heterocycles. The topological polar surface area (TPSA) is 86.8 Å². The SMILES string of the molecule is CCCCNC(=O)[C@H](Cc1ccccc1)N(Cc1ccccc1C)C(=O)CN(c1ccc(C)cc1)S(=O)(=O)c1ccc(C)cc1. The molecule has 0 aliphatic carbocycles. The number of carbonyl (C=O) groups excluding carboxylic acids is 2. The van der Waals surface area contributed by atoms with Gasteiger partial charge in [0.2, 0.25) is 11.8 Å². The summed E-state index contributed by atoms with van der Waals surface area (Å²) in [6, 6.07) is 30.1. The number of benzene rings is 4. The van der Waals surface area contributed by atoms with Crippen molar-refractivity contribution in [2.45, 2.75) is 64.4 Å². The Morgan fingerprint density at radius 3 is 2.00 bits per heavy atom. The highest BCUT2D eigenvalue weighted by Crippen LogP contribution is 2.26. The van der Waals surface area contributed by atoms with E-state index in [2.05, 4.69) is 12.2 Å². The van der Waals surface area contributed by atoms with Gasteiger partial charge in [-0.3, -0.25) is 13.9 Å². The van der Waals surface area contributed by atoms with Gasteiger partial charge in [-0.05, 0) is 68.1 Å². The van der Waals surface area contributed by atoms with Crippen molar-refractivity contribution in [3.05, 3.63) is 131 Å². The third kappa shape index (κ3) is 8.82. The Kier molecular flexibility index (Phi) is 11.5. The van der Waals surface area contributed by atoms with Crippen molar-refractivity contribution < 1.29 is 18.0 Å². The van der Waals surface area contributed by atoms with Crippen LogP contribution in [0.25, 0.3) is 0 Å². The maximum absolute atomic E-state index is 14.5. The Bertz CT molecular complexity index is 1670. The van der Waals surface area contributed by atoms with Crippen molar-refractivity contribution in [2.24, 2.45) is 0 Å². The molecule has 0 spiro atoms. The summed E-state index contributed by atoms with van der Waals surface area (Å²) in [6.07, 6.45) is 2.01. The van der Waals surface area contributed by atoms with E-state index in [0.717, 1.165) is 45.0 Å². The lowest BCUT2D eigenvalue weighted by molar-refractivity contribution is -0.140. The van der Waals surface area contributed by atoms with Gasteiger partial charge in [0.15, 0.2) is 0 Å². The van der Waals surface area contributed by atoms with Crippen LogP contribution in [0.2, 0.25) is 0 Å². The Balaban J connectivity index is 1.79. The van der Waals surface area contributed by atoms with E-state index in [1.165, 1.54) is 0 Å². The van der Waals surface area contributed by atoms with E-state index < -0.39 is 28.5 Å². The van der Waals surface area contributed by atoms with Crippen LogP contribution in [-0.2, 0) is 32.6 Å². The molecular weight excluding hydrogens is 582 g/mol. The quantitative estimate of drug-likeness (QED) is 0.165. The molecule has 4 aromatic rings. The first-order valence-corrected chi connectivity index (χ1v) is 16.9. The number of sulfonamides is 1. The summed E-state index contributed by atoms with van der Waals surface area (Å²) < 4.78 is 29.4. The van der Waals surface area contributed by atoms with Crippen LogP contribution in [-0.4, -0.2) is 44.3 Å². The average Bonchev–Trinajstić information content (AvgIpc) is 3.03. The van der Waals surface area contributed by atoms with Crippen LogP contribution < -0.4 is 9.62 Å². The van der Waals surface area contributed by atoms with Gasteiger partial charge in [-0.2, -0.15) is 0 Å². The normalized spacial score (nSPS) is 11.9. The molecule has 1 atom stereocenters. The highest BCUT2D eigenvalue weighted by molar-refractivity contribution is 7.92. The number of hydrogen-bond donors (Lipinski definition) is 1. The molecule has 0 heterocycles. The maximum atomic E-state index is 14.5. The number of hydrogen-bond acceptors (Lipinski definition) is 4. The number of carbonyl (C=O) groups is 2. The van der Waals surface area contributed by atoms with Crippen molar-refractivity contribution in [3.8, 4) is 0 Å². The summed E-state index contributed by atoms with van der Waals surface area (Å²) in [6.45, 7) is 7.99. The van der Waals surface area contributed by atoms with Crippen molar-refractivity contribution in [1.82, 2.24) is 10.2 Å². The third-order valence-electron chi connectivity index (χ3n) is 7.91. The van der Waals surface area contributed by atoms with E-state index in [0.29, 0.717) is 12.2 Å². The second-order valence-corrected chi connectivity index (χ2v) is 13.3. The van der Waals surface area contributed by atoms with Gasteiger partial charge in [0.05, 0.1) is 10.6 Å². The van der Waals surface area contributed by atoms with E-state index in [1.807, 2.05) is 87.5 Å². The first kappa shape index (κ1) is 33.5. The predicted molar refractivity (Wildman–Crippen MR) is 180 cm³/mol. The fourth-order valence-electron chi connectivity index (χ4n) is 5.11. The molecule has 1 N–H and O–H groups in total. The molecule has 4 rings (SSSR count). The van der Waals surface area contributed by atoms with Gasteiger partial charge in [0.25, 0.3) is 10.0 Å². The second-order valence-electron chi connectivity index (χ2n) is 11.5. The van der Waals surface area contributed by atoms with Gasteiger partial charge in [-0.25, -0.2) is 8.42 Å². The van der Waals surface area contributed by atoms with E-state index in [4.69, 9.17) is 0 Å². The summed E-state index contributed by atoms with van der Waals surface area (Å²) in [7, 11) is -4.13. The minimum Gasteiger partial charge on any atom is -0.354 e. The van der Waals surface area contributed by atoms with Crippen molar-refractivity contribution in [1.29, 1.82) is 0 Å². The molecule has 4 aromatic carbocycles. The summed E-state index contributed by atoms with van der Waals surface area (Å²) in [5.74, 6) is -0.737. The van der Waals surface area contributed by atoms with Gasteiger partial charge in [-0.1, -0.05) is 103 Å². The molecule has 0 fully saturated rings. The van der Waals surface area contributed by atoms with Crippen LogP contribution in [0, 0.1) is 20.8 Å². The highest BCUT2D eigenvalue weighted by Gasteiger charge is 2.34. The van der Waals surface area contributed by atoms with Crippen LogP contribution in [0.3, 0.4) is 0 Å². The molecule has 0 aliphatic heterocycles. The van der Waals surface area contributed by atoms with Crippen LogP contribution in [0.15, 0.2) is 108 Å². The summed E-state index contributed by atoms with van der Waals surface area (Å²) in [5.41, 5.74) is 5.02. The highest BCUT2D eigenvalue weighted by atomic mass is 32.2. The van der Waals surface area contributed by atoms with Gasteiger partial charge < -0.3 is 10.2 Å². The first-order valence-electron chi connectivity index (χ1n) is 15.4. The zero-order chi connectivity index (χ0) is 32.4. The number of unbranched alkanes of at least 4 members (excludes halogenated alkanes) is 1. The van der Waals surface area contributed by atoms with Crippen LogP contribution in [0.4, 0.5) is 5.69 Å². The lowest BCUT2D eigenvalue weighted by Gasteiger charge is -2.34. The first-order chi connectivity index (χ1) is 21.6. The standard InChI is InChI=1S/C37H43N3O4S/c1-5-6-24-38-37(42)35(25-31-13-8-7-9-14-31)39(26-32-15-11-10-12-30(32)4)36(41)27-40(33-20-16-28(2)17-21-33)45(43,44)34-22-18-29(3)19-23-34/h7-23,35H,5-6,24-27H2,1-4H3,(H,38,42)/t35-/m0/s1. The lowest BCUT2D eigenvalue weighted by atomic mass is 10.0. The summed E-state index contributed by atoms with van der Waals surface area (Å²) in [5, 5.41) is 3.03. The lowest BCUT2D eigenvalue weighted by Crippen LogP contribution is -2.53. The summed E-state index contributed by atoms with van der Waals surface area (Å²) in [4.78, 5) is 30.0. The number of nitrogens with zero attached hydrogens (tertiary/aromatic N) is 2. The molecule has 0 saturated heterocycles. The summed E-state index contributed by atoms with van der Waals surface area (Å²) >= 11 is 0. The minimum atomic E-state index is -4.13. The molecule has 8 heteroatoms. The largest absolute Gasteiger partial charge is 0.354 e. The Morgan fingerprint density at radius 2 is 1.38 bits per heavy atom. The molecule has 0 unspecified atom stereocenters. The average molecular weight is 626 g/mol.